The minimum absolute atomic E-state index is 0.102. The highest BCUT2D eigenvalue weighted by Gasteiger charge is 2.47. The van der Waals surface area contributed by atoms with Gasteiger partial charge in [0.05, 0.1) is 18.4 Å². The Morgan fingerprint density at radius 2 is 2.00 bits per heavy atom. The number of aliphatic hydroxyl groups is 1. The van der Waals surface area contributed by atoms with Gasteiger partial charge in [0.15, 0.2) is 5.78 Å². The van der Waals surface area contributed by atoms with Crippen molar-refractivity contribution in [3.8, 4) is 0 Å². The monoisotopic (exact) mass is 311 g/mol. The molecule has 0 aromatic heterocycles. The van der Waals surface area contributed by atoms with Gasteiger partial charge in [0.1, 0.15) is 18.3 Å². The van der Waals surface area contributed by atoms with E-state index in [4.69, 9.17) is 9.57 Å². The van der Waals surface area contributed by atoms with Gasteiger partial charge in [-0.2, -0.15) is 0 Å². The van der Waals surface area contributed by atoms with Crippen molar-refractivity contribution in [2.24, 2.45) is 16.5 Å². The first-order valence-electron chi connectivity index (χ1n) is 7.53. The maximum Gasteiger partial charge on any atom is 0.316 e. The Kier molecular flexibility index (Phi) is 6.14. The van der Waals surface area contributed by atoms with E-state index in [2.05, 4.69) is 5.16 Å². The Morgan fingerprint density at radius 1 is 1.36 bits per heavy atom. The quantitative estimate of drug-likeness (QED) is 0.602. The second-order valence-corrected chi connectivity index (χ2v) is 6.01. The third-order valence-electron chi connectivity index (χ3n) is 3.72. The normalized spacial score (nSPS) is 22.6. The summed E-state index contributed by atoms with van der Waals surface area (Å²) in [4.78, 5) is 29.5. The fraction of sp³-hybridized carbons (Fsp3) is 0.688. The summed E-state index contributed by atoms with van der Waals surface area (Å²) in [5, 5.41) is 14.5. The molecular formula is C16H25NO5. The Morgan fingerprint density at radius 3 is 2.50 bits per heavy atom. The average Bonchev–Trinajstić information content (AvgIpc) is 2.43. The third-order valence-corrected chi connectivity index (χ3v) is 3.72. The van der Waals surface area contributed by atoms with Gasteiger partial charge in [0.2, 0.25) is 0 Å². The third kappa shape index (κ3) is 3.67. The van der Waals surface area contributed by atoms with Crippen LogP contribution in [-0.4, -0.2) is 36.3 Å². The van der Waals surface area contributed by atoms with Crippen LogP contribution in [-0.2, 0) is 19.2 Å². The molecule has 0 aromatic rings. The second-order valence-electron chi connectivity index (χ2n) is 6.01. The number of rotatable bonds is 6. The first-order chi connectivity index (χ1) is 10.3. The molecule has 1 aliphatic carbocycles. The van der Waals surface area contributed by atoms with E-state index < -0.39 is 17.3 Å². The topological polar surface area (TPSA) is 85.2 Å². The van der Waals surface area contributed by atoms with Crippen molar-refractivity contribution >= 4 is 17.5 Å². The second kappa shape index (κ2) is 7.42. The number of hydrogen-bond donors (Lipinski definition) is 1. The van der Waals surface area contributed by atoms with E-state index in [0.717, 1.165) is 0 Å². The van der Waals surface area contributed by atoms with Crippen molar-refractivity contribution in [3.05, 3.63) is 11.3 Å². The fourth-order valence-corrected chi connectivity index (χ4v) is 2.71. The number of esters is 1. The Labute approximate surface area is 131 Å². The fourth-order valence-electron chi connectivity index (χ4n) is 2.71. The molecule has 0 unspecified atom stereocenters. The molecule has 1 aliphatic rings. The van der Waals surface area contributed by atoms with Crippen LogP contribution in [0.3, 0.4) is 0 Å². The van der Waals surface area contributed by atoms with Crippen LogP contribution in [0, 0.1) is 11.3 Å². The average molecular weight is 311 g/mol. The Balaban J connectivity index is 3.42. The molecule has 0 radical (unpaired) electrons. The highest BCUT2D eigenvalue weighted by atomic mass is 16.6. The predicted octanol–water partition coefficient (Wildman–Crippen LogP) is 2.78. The maximum absolute atomic E-state index is 12.3. The van der Waals surface area contributed by atoms with Crippen LogP contribution in [0.1, 0.15) is 47.0 Å². The van der Waals surface area contributed by atoms with Crippen LogP contribution in [0.2, 0.25) is 0 Å². The first-order valence-corrected chi connectivity index (χ1v) is 7.53. The number of carbonyl (C=O) groups is 2. The van der Waals surface area contributed by atoms with E-state index in [1.54, 1.807) is 6.92 Å². The Bertz CT molecular complexity index is 505. The molecule has 6 heteroatoms. The van der Waals surface area contributed by atoms with Crippen molar-refractivity contribution in [1.29, 1.82) is 0 Å². The van der Waals surface area contributed by atoms with Crippen molar-refractivity contribution in [2.45, 2.75) is 47.0 Å². The number of allylic oxidation sites excluding steroid dienone is 1. The first kappa shape index (κ1) is 18.2. The molecule has 1 atom stereocenters. The van der Waals surface area contributed by atoms with Gasteiger partial charge in [-0.05, 0) is 18.8 Å². The highest BCUT2D eigenvalue weighted by Crippen LogP contribution is 2.43. The van der Waals surface area contributed by atoms with E-state index in [-0.39, 0.29) is 23.5 Å². The molecule has 124 valence electrons. The van der Waals surface area contributed by atoms with E-state index >= 15 is 0 Å². The van der Waals surface area contributed by atoms with Crippen LogP contribution in [0.25, 0.3) is 0 Å². The Hall–Kier alpha value is -1.85. The minimum atomic E-state index is -0.881. The largest absolute Gasteiger partial charge is 0.511 e. The summed E-state index contributed by atoms with van der Waals surface area (Å²) in [6.07, 6.45) is 1.27. The number of methoxy groups -OCH3 is 1. The van der Waals surface area contributed by atoms with Crippen LogP contribution in [0.5, 0.6) is 0 Å². The molecule has 0 saturated carbocycles. The van der Waals surface area contributed by atoms with Crippen molar-refractivity contribution < 1.29 is 24.3 Å². The van der Waals surface area contributed by atoms with Gasteiger partial charge in [0.25, 0.3) is 0 Å². The van der Waals surface area contributed by atoms with Crippen LogP contribution in [0.15, 0.2) is 16.5 Å². The van der Waals surface area contributed by atoms with Crippen LogP contribution in [0.4, 0.5) is 0 Å². The number of carbonyl (C=O) groups excluding carboxylic acids is 2. The SMILES string of the molecule is CCCC(=O)C1=C(O)[C@@H](C(=O)OC)C(C)(C)C/C1=N\OCC. The molecule has 0 aromatic carbocycles. The zero-order chi connectivity index (χ0) is 16.9. The van der Waals surface area contributed by atoms with Crippen molar-refractivity contribution in [1.82, 2.24) is 0 Å². The summed E-state index contributed by atoms with van der Waals surface area (Å²) in [7, 11) is 1.27. The molecule has 1 N–H and O–H groups in total. The van der Waals surface area contributed by atoms with Crippen molar-refractivity contribution in [2.75, 3.05) is 13.7 Å². The molecule has 0 bridgehead atoms. The molecule has 1 rings (SSSR count). The lowest BCUT2D eigenvalue weighted by Gasteiger charge is -2.37. The molecule has 22 heavy (non-hydrogen) atoms. The van der Waals surface area contributed by atoms with E-state index in [9.17, 15) is 14.7 Å². The zero-order valence-electron chi connectivity index (χ0n) is 13.9. The summed E-state index contributed by atoms with van der Waals surface area (Å²) in [6, 6.07) is 0. The van der Waals surface area contributed by atoms with Gasteiger partial charge in [-0.15, -0.1) is 0 Å². The number of ketones is 1. The maximum atomic E-state index is 12.3. The smallest absolute Gasteiger partial charge is 0.316 e. The summed E-state index contributed by atoms with van der Waals surface area (Å²) in [5.74, 6) is -1.93. The standard InChI is InChI=1S/C16H25NO5/c1-6-8-11(18)12-10(17-22-7-2)9-16(3,4)13(14(12)19)15(20)21-5/h13,19H,6-9H2,1-5H3/b17-10+/t13-/m0/s1. The number of nitrogens with zero attached hydrogens (tertiary/aromatic N) is 1. The van der Waals surface area contributed by atoms with Gasteiger partial charge in [-0.3, -0.25) is 9.59 Å². The minimum Gasteiger partial charge on any atom is -0.511 e. The number of hydrogen-bond acceptors (Lipinski definition) is 6. The van der Waals surface area contributed by atoms with Gasteiger partial charge in [0, 0.05) is 12.8 Å². The van der Waals surface area contributed by atoms with Crippen LogP contribution >= 0.6 is 0 Å². The molecule has 0 aliphatic heterocycles. The molecular weight excluding hydrogens is 286 g/mol. The van der Waals surface area contributed by atoms with E-state index in [0.29, 0.717) is 25.2 Å². The number of aliphatic hydroxyl groups excluding tert-OH is 1. The zero-order valence-corrected chi connectivity index (χ0v) is 13.9. The number of Topliss-reactive ketones (excluding diaryl/α,β-unsaturated/α-hetero) is 1. The van der Waals surface area contributed by atoms with Gasteiger partial charge in [-0.1, -0.05) is 25.9 Å². The lowest BCUT2D eigenvalue weighted by molar-refractivity contribution is -0.149. The molecule has 0 fully saturated rings. The van der Waals surface area contributed by atoms with E-state index in [1.807, 2.05) is 20.8 Å². The lowest BCUT2D eigenvalue weighted by Crippen LogP contribution is -2.42. The number of ether oxygens (including phenoxy) is 1. The van der Waals surface area contributed by atoms with Gasteiger partial charge < -0.3 is 14.7 Å². The van der Waals surface area contributed by atoms with Gasteiger partial charge in [-0.25, -0.2) is 0 Å². The molecule has 0 spiro atoms. The highest BCUT2D eigenvalue weighted by molar-refractivity contribution is 6.23. The summed E-state index contributed by atoms with van der Waals surface area (Å²) >= 11 is 0. The molecule has 6 nitrogen and oxygen atoms in total. The predicted molar refractivity (Wildman–Crippen MR) is 82.5 cm³/mol. The van der Waals surface area contributed by atoms with Crippen molar-refractivity contribution in [3.63, 3.8) is 0 Å². The molecule has 0 heterocycles. The molecule has 0 amide bonds. The summed E-state index contributed by atoms with van der Waals surface area (Å²) in [6.45, 7) is 7.67. The lowest BCUT2D eigenvalue weighted by atomic mass is 9.67. The number of oxime groups is 1. The summed E-state index contributed by atoms with van der Waals surface area (Å²) in [5.41, 5.74) is -0.128. The van der Waals surface area contributed by atoms with Crippen LogP contribution < -0.4 is 0 Å². The molecule has 0 saturated heterocycles. The van der Waals surface area contributed by atoms with E-state index in [1.165, 1.54) is 7.11 Å². The summed E-state index contributed by atoms with van der Waals surface area (Å²) < 4.78 is 4.78. The van der Waals surface area contributed by atoms with Gasteiger partial charge >= 0.3 is 5.97 Å².